The molecule has 0 aromatic carbocycles. The molecule has 0 fully saturated rings. The molecule has 1 atom stereocenters. The van der Waals surface area contributed by atoms with Crippen LogP contribution >= 0.6 is 11.8 Å². The van der Waals surface area contributed by atoms with Gasteiger partial charge in [-0.25, -0.2) is 0 Å². The minimum absolute atomic E-state index is 0.121. The summed E-state index contributed by atoms with van der Waals surface area (Å²) in [5.74, 6) is -0.791. The van der Waals surface area contributed by atoms with E-state index in [-0.39, 0.29) is 17.8 Å². The van der Waals surface area contributed by atoms with Crippen LogP contribution in [0, 0.1) is 0 Å². The van der Waals surface area contributed by atoms with E-state index in [0.717, 1.165) is 18.2 Å². The standard InChI is InChI=1S/C12H23NO4S/c1-4-10(12(15)16)18-8-11(14)13-6-5-7-17-9(2)3/h9-10H,4-8H2,1-3H3,(H,13,14)(H,15,16). The Kier molecular flexibility index (Phi) is 9.77. The number of hydrogen-bond acceptors (Lipinski definition) is 4. The second-order valence-corrected chi connectivity index (χ2v) is 5.36. The van der Waals surface area contributed by atoms with Gasteiger partial charge in [-0.2, -0.15) is 0 Å². The number of thioether (sulfide) groups is 1. The summed E-state index contributed by atoms with van der Waals surface area (Å²) in [6.07, 6.45) is 1.50. The van der Waals surface area contributed by atoms with Crippen LogP contribution in [0.2, 0.25) is 0 Å². The van der Waals surface area contributed by atoms with Gasteiger partial charge in [0.2, 0.25) is 5.91 Å². The molecule has 18 heavy (non-hydrogen) atoms. The van der Waals surface area contributed by atoms with Crippen molar-refractivity contribution in [1.29, 1.82) is 0 Å². The number of carboxylic acid groups (broad SMARTS) is 1. The number of nitrogens with one attached hydrogen (secondary N) is 1. The van der Waals surface area contributed by atoms with E-state index in [1.165, 1.54) is 0 Å². The Bertz CT molecular complexity index is 258. The van der Waals surface area contributed by atoms with Crippen molar-refractivity contribution in [1.82, 2.24) is 5.32 Å². The maximum Gasteiger partial charge on any atom is 0.316 e. The summed E-state index contributed by atoms with van der Waals surface area (Å²) < 4.78 is 5.34. The summed E-state index contributed by atoms with van der Waals surface area (Å²) in [5.41, 5.74) is 0. The van der Waals surface area contributed by atoms with Crippen molar-refractivity contribution in [2.24, 2.45) is 0 Å². The Hall–Kier alpha value is -0.750. The van der Waals surface area contributed by atoms with Crippen molar-refractivity contribution in [2.45, 2.75) is 45.0 Å². The minimum Gasteiger partial charge on any atom is -0.480 e. The van der Waals surface area contributed by atoms with E-state index < -0.39 is 11.2 Å². The van der Waals surface area contributed by atoms with E-state index in [4.69, 9.17) is 9.84 Å². The summed E-state index contributed by atoms with van der Waals surface area (Å²) in [6.45, 7) is 6.92. The number of hydrogen-bond donors (Lipinski definition) is 2. The molecule has 0 aliphatic heterocycles. The minimum atomic E-state index is -0.861. The average molecular weight is 277 g/mol. The molecule has 0 aliphatic rings. The summed E-state index contributed by atoms with van der Waals surface area (Å²) in [6, 6.07) is 0. The van der Waals surface area contributed by atoms with Crippen molar-refractivity contribution < 1.29 is 19.4 Å². The number of carbonyl (C=O) groups is 2. The molecule has 6 heteroatoms. The monoisotopic (exact) mass is 277 g/mol. The summed E-state index contributed by atoms with van der Waals surface area (Å²) in [7, 11) is 0. The molecule has 1 unspecified atom stereocenters. The molecule has 2 N–H and O–H groups in total. The van der Waals surface area contributed by atoms with Gasteiger partial charge in [0.25, 0.3) is 0 Å². The van der Waals surface area contributed by atoms with Crippen LogP contribution in [0.25, 0.3) is 0 Å². The van der Waals surface area contributed by atoms with Gasteiger partial charge in [-0.1, -0.05) is 6.92 Å². The Morgan fingerprint density at radius 2 is 2.06 bits per heavy atom. The van der Waals surface area contributed by atoms with Crippen LogP contribution in [0.5, 0.6) is 0 Å². The maximum atomic E-state index is 11.4. The zero-order valence-corrected chi connectivity index (χ0v) is 12.1. The number of aliphatic carboxylic acids is 1. The third-order valence-corrected chi connectivity index (χ3v) is 3.52. The molecule has 0 bridgehead atoms. The zero-order chi connectivity index (χ0) is 14.0. The second-order valence-electron chi connectivity index (χ2n) is 4.17. The van der Waals surface area contributed by atoms with Gasteiger partial charge in [-0.3, -0.25) is 9.59 Å². The van der Waals surface area contributed by atoms with Crippen LogP contribution < -0.4 is 5.32 Å². The SMILES string of the molecule is CCC(SCC(=O)NCCCOC(C)C)C(=O)O. The normalized spacial score (nSPS) is 12.4. The predicted molar refractivity (Wildman–Crippen MR) is 72.9 cm³/mol. The third-order valence-electron chi connectivity index (χ3n) is 2.16. The molecule has 5 nitrogen and oxygen atoms in total. The zero-order valence-electron chi connectivity index (χ0n) is 11.3. The van der Waals surface area contributed by atoms with Gasteiger partial charge in [-0.05, 0) is 26.7 Å². The lowest BCUT2D eigenvalue weighted by Gasteiger charge is -2.10. The molecule has 0 aromatic rings. The second kappa shape index (κ2) is 10.2. The number of amides is 1. The molecule has 0 saturated heterocycles. The average Bonchev–Trinajstić information content (AvgIpc) is 2.28. The van der Waals surface area contributed by atoms with Gasteiger partial charge in [0.1, 0.15) is 5.25 Å². The van der Waals surface area contributed by atoms with E-state index in [1.54, 1.807) is 6.92 Å². The fraction of sp³-hybridized carbons (Fsp3) is 0.833. The molecule has 0 radical (unpaired) electrons. The number of ether oxygens (including phenoxy) is 1. The molecular weight excluding hydrogens is 254 g/mol. The molecule has 0 heterocycles. The summed E-state index contributed by atoms with van der Waals surface area (Å²) in [4.78, 5) is 22.2. The first-order chi connectivity index (χ1) is 8.47. The quantitative estimate of drug-likeness (QED) is 0.592. The van der Waals surface area contributed by atoms with E-state index in [1.807, 2.05) is 13.8 Å². The summed E-state index contributed by atoms with van der Waals surface area (Å²) >= 11 is 1.16. The molecule has 0 aromatic heterocycles. The lowest BCUT2D eigenvalue weighted by molar-refractivity contribution is -0.136. The topological polar surface area (TPSA) is 75.6 Å². The van der Waals surface area contributed by atoms with Crippen LogP contribution in [-0.2, 0) is 14.3 Å². The van der Waals surface area contributed by atoms with Gasteiger partial charge in [-0.15, -0.1) is 11.8 Å². The Balaban J connectivity index is 3.56. The van der Waals surface area contributed by atoms with Gasteiger partial charge in [0, 0.05) is 13.2 Å². The first kappa shape index (κ1) is 17.2. The van der Waals surface area contributed by atoms with E-state index in [9.17, 15) is 9.59 Å². The van der Waals surface area contributed by atoms with Crippen LogP contribution in [0.3, 0.4) is 0 Å². The van der Waals surface area contributed by atoms with Gasteiger partial charge < -0.3 is 15.2 Å². The van der Waals surface area contributed by atoms with Crippen molar-refractivity contribution in [3.8, 4) is 0 Å². The highest BCUT2D eigenvalue weighted by atomic mass is 32.2. The first-order valence-electron chi connectivity index (χ1n) is 6.20. The largest absolute Gasteiger partial charge is 0.480 e. The number of rotatable bonds is 10. The molecule has 0 spiro atoms. The van der Waals surface area contributed by atoms with Crippen LogP contribution in [-0.4, -0.2) is 47.2 Å². The van der Waals surface area contributed by atoms with Crippen molar-refractivity contribution in [3.05, 3.63) is 0 Å². The Labute approximate surface area is 113 Å². The highest BCUT2D eigenvalue weighted by Crippen LogP contribution is 2.14. The van der Waals surface area contributed by atoms with E-state index in [0.29, 0.717) is 19.6 Å². The van der Waals surface area contributed by atoms with E-state index >= 15 is 0 Å². The number of carboxylic acids is 1. The van der Waals surface area contributed by atoms with Crippen LogP contribution in [0.4, 0.5) is 0 Å². The smallest absolute Gasteiger partial charge is 0.316 e. The molecular formula is C12H23NO4S. The number of carbonyl (C=O) groups excluding carboxylic acids is 1. The van der Waals surface area contributed by atoms with Gasteiger partial charge >= 0.3 is 5.97 Å². The highest BCUT2D eigenvalue weighted by Gasteiger charge is 2.16. The van der Waals surface area contributed by atoms with Crippen LogP contribution in [0.1, 0.15) is 33.6 Å². The Morgan fingerprint density at radius 3 is 2.56 bits per heavy atom. The maximum absolute atomic E-state index is 11.4. The molecule has 106 valence electrons. The molecule has 0 rings (SSSR count). The lowest BCUT2D eigenvalue weighted by atomic mass is 10.3. The van der Waals surface area contributed by atoms with Crippen molar-refractivity contribution in [3.63, 3.8) is 0 Å². The van der Waals surface area contributed by atoms with Crippen molar-refractivity contribution in [2.75, 3.05) is 18.9 Å². The van der Waals surface area contributed by atoms with Crippen LogP contribution in [0.15, 0.2) is 0 Å². The third kappa shape index (κ3) is 9.30. The fourth-order valence-corrected chi connectivity index (χ4v) is 2.04. The highest BCUT2D eigenvalue weighted by molar-refractivity contribution is 8.01. The molecule has 0 saturated carbocycles. The first-order valence-corrected chi connectivity index (χ1v) is 7.25. The molecule has 0 aliphatic carbocycles. The Morgan fingerprint density at radius 1 is 1.39 bits per heavy atom. The lowest BCUT2D eigenvalue weighted by Crippen LogP contribution is -2.28. The van der Waals surface area contributed by atoms with Crippen molar-refractivity contribution >= 4 is 23.6 Å². The van der Waals surface area contributed by atoms with Gasteiger partial charge in [0.15, 0.2) is 0 Å². The van der Waals surface area contributed by atoms with E-state index in [2.05, 4.69) is 5.32 Å². The molecule has 1 amide bonds. The summed E-state index contributed by atoms with van der Waals surface area (Å²) in [5, 5.41) is 11.1. The fourth-order valence-electron chi connectivity index (χ4n) is 1.21. The predicted octanol–water partition coefficient (Wildman–Crippen LogP) is 1.51. The van der Waals surface area contributed by atoms with Gasteiger partial charge in [0.05, 0.1) is 11.9 Å².